The molecule has 13 nitrogen and oxygen atoms in total. The Bertz CT molecular complexity index is 1890. The van der Waals surface area contributed by atoms with E-state index < -0.39 is 19.0 Å². The average molecular weight is 753 g/mol. The van der Waals surface area contributed by atoms with Gasteiger partial charge in [-0.1, -0.05) is 23.6 Å². The van der Waals surface area contributed by atoms with Crippen molar-refractivity contribution in [2.45, 2.75) is 59.2 Å². The summed E-state index contributed by atoms with van der Waals surface area (Å²) in [5.41, 5.74) is 0.256. The number of phosphoric acid groups is 1. The van der Waals surface area contributed by atoms with E-state index in [1.54, 1.807) is 103 Å². The number of ether oxygens (including phenoxy) is 2. The minimum atomic E-state index is -3.83. The Morgan fingerprint density at radius 3 is 2.35 bits per heavy atom. The van der Waals surface area contributed by atoms with Crippen molar-refractivity contribution in [3.63, 3.8) is 0 Å². The maximum absolute atomic E-state index is 13.4. The second-order valence-electron chi connectivity index (χ2n) is 13.6. The number of nitrogens with one attached hydrogen (secondary N) is 2. The number of rotatable bonds is 17. The molecule has 4 aromatic rings. The van der Waals surface area contributed by atoms with E-state index in [2.05, 4.69) is 31.5 Å². The molecule has 0 aliphatic rings. The number of pyridine rings is 1. The summed E-state index contributed by atoms with van der Waals surface area (Å²) in [4.78, 5) is 27.8. The van der Waals surface area contributed by atoms with E-state index in [9.17, 15) is 9.36 Å². The predicted molar refractivity (Wildman–Crippen MR) is 204 cm³/mol. The summed E-state index contributed by atoms with van der Waals surface area (Å²) < 4.78 is 42.3. The van der Waals surface area contributed by atoms with Crippen molar-refractivity contribution in [1.82, 2.24) is 19.9 Å². The molecule has 0 radical (unpaired) electrons. The van der Waals surface area contributed by atoms with Crippen molar-refractivity contribution in [1.29, 1.82) is 0 Å². The predicted octanol–water partition coefficient (Wildman–Crippen LogP) is 8.14. The van der Waals surface area contributed by atoms with Gasteiger partial charge in [0.1, 0.15) is 18.0 Å². The van der Waals surface area contributed by atoms with E-state index >= 15 is 0 Å². The van der Waals surface area contributed by atoms with Crippen LogP contribution in [0.15, 0.2) is 61.1 Å². The maximum Gasteiger partial charge on any atom is 0.475 e. The highest BCUT2D eigenvalue weighted by atomic mass is 35.5. The third kappa shape index (κ3) is 12.7. The number of hydrogen-bond acceptors (Lipinski definition) is 12. The highest BCUT2D eigenvalue weighted by Gasteiger charge is 2.37. The fourth-order valence-corrected chi connectivity index (χ4v) is 6.81. The van der Waals surface area contributed by atoms with Crippen LogP contribution in [0.1, 0.15) is 58.3 Å². The molecule has 0 atom stereocenters. The molecule has 0 bridgehead atoms. The highest BCUT2D eigenvalue weighted by Crippen LogP contribution is 2.55. The molecule has 4 rings (SSSR count). The number of carbonyl (C=O) groups excluding carboxylic acids is 1. The number of anilines is 3. The van der Waals surface area contributed by atoms with Crippen molar-refractivity contribution < 1.29 is 32.4 Å². The second kappa shape index (κ2) is 18.0. The highest BCUT2D eigenvalue weighted by molar-refractivity contribution is 7.48. The van der Waals surface area contributed by atoms with Gasteiger partial charge in [-0.3, -0.25) is 23.3 Å². The first-order valence-electron chi connectivity index (χ1n) is 16.6. The molecule has 2 heterocycles. The first kappa shape index (κ1) is 40.5. The number of aromatic nitrogens is 3. The molecule has 0 aliphatic heterocycles. The lowest BCUT2D eigenvalue weighted by Crippen LogP contribution is -2.31. The van der Waals surface area contributed by atoms with Crippen LogP contribution in [0.5, 0.6) is 11.5 Å². The molecule has 278 valence electrons. The number of terminal acetylenes is 1. The molecular formula is C37H46ClN6O7P. The van der Waals surface area contributed by atoms with Crippen LogP contribution in [0.2, 0.25) is 5.02 Å². The summed E-state index contributed by atoms with van der Waals surface area (Å²) >= 11 is 6.00. The number of amides is 1. The van der Waals surface area contributed by atoms with Gasteiger partial charge in [0.15, 0.2) is 11.5 Å². The lowest BCUT2D eigenvalue weighted by atomic mass is 10.2. The SMILES string of the molecule is C#CCN(CCCOc1cc2ncnc(Nc3ccc(NC(=O)c4cccc(Cl)c4)nc3)c2cc1OC)CCOP(=O)(OC(C)(C)C)OC(C)(C)C. The standard InChI is InChI=1S/C37H46ClN6O7P/c1-9-16-44(18-20-49-52(46,50-36(2,3)4)51-37(5,6)7)17-11-19-48-32-23-30-29(22-31(32)47-8)34(41-25-40-30)42-28-14-15-33(39-24-28)43-35(45)26-12-10-13-27(38)21-26/h1,10,12-15,21-25H,11,16-20H2,2-8H3,(H,39,43,45)(H,40,41,42). The Labute approximate surface area is 310 Å². The molecule has 1 amide bonds. The number of methoxy groups -OCH3 is 1. The summed E-state index contributed by atoms with van der Waals surface area (Å²) in [6.07, 6.45) is 9.30. The molecule has 0 aliphatic carbocycles. The molecule has 0 saturated heterocycles. The van der Waals surface area contributed by atoms with Gasteiger partial charge in [-0.2, -0.15) is 0 Å². The average Bonchev–Trinajstić information content (AvgIpc) is 3.05. The topological polar surface area (TPSA) is 146 Å². The van der Waals surface area contributed by atoms with Crippen LogP contribution in [0.3, 0.4) is 0 Å². The van der Waals surface area contributed by atoms with Crippen LogP contribution in [0.25, 0.3) is 10.9 Å². The molecule has 0 fully saturated rings. The van der Waals surface area contributed by atoms with Gasteiger partial charge in [-0.25, -0.2) is 19.5 Å². The van der Waals surface area contributed by atoms with Gasteiger partial charge in [-0.05, 0) is 84.4 Å². The molecule has 2 aromatic heterocycles. The number of carbonyl (C=O) groups is 1. The summed E-state index contributed by atoms with van der Waals surface area (Å²) in [6.45, 7) is 12.6. The van der Waals surface area contributed by atoms with Gasteiger partial charge in [0.05, 0.1) is 55.5 Å². The number of hydrogen-bond donors (Lipinski definition) is 2. The Balaban J connectivity index is 1.34. The van der Waals surface area contributed by atoms with Crippen LogP contribution >= 0.6 is 19.4 Å². The van der Waals surface area contributed by atoms with Gasteiger partial charge in [0.2, 0.25) is 0 Å². The van der Waals surface area contributed by atoms with E-state index in [0.717, 1.165) is 0 Å². The molecular weight excluding hydrogens is 707 g/mol. The molecule has 2 aromatic carbocycles. The number of fused-ring (bicyclic) bond motifs is 1. The van der Waals surface area contributed by atoms with Gasteiger partial charge < -0.3 is 20.1 Å². The van der Waals surface area contributed by atoms with Crippen molar-refractivity contribution in [3.8, 4) is 23.8 Å². The summed E-state index contributed by atoms with van der Waals surface area (Å²) in [5, 5.41) is 7.19. The fraction of sp³-hybridized carbons (Fsp3) is 0.405. The molecule has 0 spiro atoms. The first-order chi connectivity index (χ1) is 24.6. The Kier molecular flexibility index (Phi) is 14.0. The van der Waals surface area contributed by atoms with Crippen LogP contribution in [0.4, 0.5) is 17.3 Å². The largest absolute Gasteiger partial charge is 0.493 e. The van der Waals surface area contributed by atoms with Crippen molar-refractivity contribution in [2.24, 2.45) is 0 Å². The molecule has 52 heavy (non-hydrogen) atoms. The van der Waals surface area contributed by atoms with Crippen molar-refractivity contribution in [3.05, 3.63) is 71.6 Å². The molecule has 15 heteroatoms. The second-order valence-corrected chi connectivity index (χ2v) is 15.6. The van der Waals surface area contributed by atoms with Crippen LogP contribution in [-0.2, 0) is 18.1 Å². The van der Waals surface area contributed by atoms with Crippen LogP contribution < -0.4 is 20.1 Å². The summed E-state index contributed by atoms with van der Waals surface area (Å²) in [7, 11) is -2.27. The van der Waals surface area contributed by atoms with E-state index in [-0.39, 0.29) is 12.5 Å². The molecule has 0 saturated carbocycles. The van der Waals surface area contributed by atoms with Gasteiger partial charge in [0.25, 0.3) is 5.91 Å². The smallest absolute Gasteiger partial charge is 0.475 e. The monoisotopic (exact) mass is 752 g/mol. The normalized spacial score (nSPS) is 12.1. The van der Waals surface area contributed by atoms with Gasteiger partial charge in [-0.15, -0.1) is 6.42 Å². The van der Waals surface area contributed by atoms with E-state index in [0.29, 0.717) is 83.0 Å². The minimum absolute atomic E-state index is 0.0985. The minimum Gasteiger partial charge on any atom is -0.493 e. The molecule has 0 unspecified atom stereocenters. The quantitative estimate of drug-likeness (QED) is 0.0610. The lowest BCUT2D eigenvalue weighted by molar-refractivity contribution is 0.00124. The Morgan fingerprint density at radius 1 is 0.962 bits per heavy atom. The number of benzene rings is 2. The number of halogens is 1. The zero-order valence-corrected chi connectivity index (χ0v) is 32.2. The Morgan fingerprint density at radius 2 is 1.71 bits per heavy atom. The third-order valence-corrected chi connectivity index (χ3v) is 9.17. The van der Waals surface area contributed by atoms with E-state index in [1.165, 1.54) is 6.33 Å². The third-order valence-electron chi connectivity index (χ3n) is 6.89. The van der Waals surface area contributed by atoms with E-state index in [4.69, 9.17) is 41.1 Å². The molecule has 2 N–H and O–H groups in total. The maximum atomic E-state index is 13.4. The fourth-order valence-electron chi connectivity index (χ4n) is 4.83. The van der Waals surface area contributed by atoms with Crippen molar-refractivity contribution >= 4 is 53.6 Å². The van der Waals surface area contributed by atoms with E-state index in [1.807, 2.05) is 4.90 Å². The lowest BCUT2D eigenvalue weighted by Gasteiger charge is -2.31. The zero-order valence-electron chi connectivity index (χ0n) is 30.6. The van der Waals surface area contributed by atoms with Crippen LogP contribution in [0, 0.1) is 12.3 Å². The Hall–Kier alpha value is -4.28. The number of phosphoric ester groups is 1. The van der Waals surface area contributed by atoms with Gasteiger partial charge >= 0.3 is 7.82 Å². The van der Waals surface area contributed by atoms with Gasteiger partial charge in [0, 0.05) is 35.1 Å². The van der Waals surface area contributed by atoms with Crippen LogP contribution in [-0.4, -0.2) is 76.9 Å². The first-order valence-corrected chi connectivity index (χ1v) is 18.5. The number of nitrogens with zero attached hydrogens (tertiary/aromatic N) is 4. The summed E-state index contributed by atoms with van der Waals surface area (Å²) in [5.74, 6) is 4.28. The summed E-state index contributed by atoms with van der Waals surface area (Å²) in [6, 6.07) is 13.7. The zero-order chi connectivity index (χ0) is 37.9. The van der Waals surface area contributed by atoms with Crippen molar-refractivity contribution in [2.75, 3.05) is 50.6 Å².